The van der Waals surface area contributed by atoms with Crippen molar-refractivity contribution in [3.63, 3.8) is 0 Å². The Labute approximate surface area is 152 Å². The third-order valence-corrected chi connectivity index (χ3v) is 5.03. The molecule has 25 heavy (non-hydrogen) atoms. The molecule has 2 aliphatic rings. The maximum Gasteiger partial charge on any atom is 0.227 e. The Morgan fingerprint density at radius 2 is 2.04 bits per heavy atom. The van der Waals surface area contributed by atoms with Gasteiger partial charge >= 0.3 is 0 Å². The quantitative estimate of drug-likeness (QED) is 0.784. The number of hydrogen-bond donors (Lipinski definition) is 1. The third kappa shape index (κ3) is 4.12. The van der Waals surface area contributed by atoms with Crippen molar-refractivity contribution in [2.24, 2.45) is 5.92 Å². The molecular formula is C18H22ClN3O3. The van der Waals surface area contributed by atoms with Gasteiger partial charge in [0.25, 0.3) is 0 Å². The second-order valence-electron chi connectivity index (χ2n) is 6.49. The molecule has 2 heterocycles. The number of halogens is 1. The highest BCUT2D eigenvalue weighted by Gasteiger charge is 2.35. The molecule has 0 radical (unpaired) electrons. The van der Waals surface area contributed by atoms with Crippen molar-refractivity contribution < 1.29 is 14.4 Å². The number of carbonyl (C=O) groups is 3. The molecule has 1 unspecified atom stereocenters. The van der Waals surface area contributed by atoms with Gasteiger partial charge in [0.05, 0.1) is 16.6 Å². The van der Waals surface area contributed by atoms with E-state index in [1.807, 2.05) is 17.0 Å². The van der Waals surface area contributed by atoms with Gasteiger partial charge in [0.15, 0.2) is 0 Å². The first-order chi connectivity index (χ1) is 12.1. The second-order valence-corrected chi connectivity index (χ2v) is 6.89. The van der Waals surface area contributed by atoms with Gasteiger partial charge in [-0.2, -0.15) is 0 Å². The minimum Gasteiger partial charge on any atom is -0.356 e. The maximum absolute atomic E-state index is 12.3. The lowest BCUT2D eigenvalue weighted by Gasteiger charge is -2.18. The van der Waals surface area contributed by atoms with Crippen LogP contribution in [0.2, 0.25) is 5.02 Å². The first-order valence-electron chi connectivity index (χ1n) is 8.66. The van der Waals surface area contributed by atoms with E-state index in [9.17, 15) is 14.4 Å². The van der Waals surface area contributed by atoms with E-state index in [2.05, 4.69) is 5.32 Å². The van der Waals surface area contributed by atoms with Crippen molar-refractivity contribution in [1.29, 1.82) is 0 Å². The summed E-state index contributed by atoms with van der Waals surface area (Å²) in [6.07, 6.45) is 2.48. The molecule has 6 nitrogen and oxygen atoms in total. The Morgan fingerprint density at radius 1 is 1.24 bits per heavy atom. The normalized spacial score (nSPS) is 20.4. The summed E-state index contributed by atoms with van der Waals surface area (Å²) in [5.41, 5.74) is 0.650. The van der Waals surface area contributed by atoms with Crippen LogP contribution in [0, 0.1) is 5.92 Å². The van der Waals surface area contributed by atoms with Crippen LogP contribution in [-0.2, 0) is 14.4 Å². The highest BCUT2D eigenvalue weighted by atomic mass is 35.5. The summed E-state index contributed by atoms with van der Waals surface area (Å²) in [5.74, 6) is -0.369. The molecule has 0 aromatic heterocycles. The molecule has 0 spiro atoms. The van der Waals surface area contributed by atoms with E-state index in [1.54, 1.807) is 17.0 Å². The van der Waals surface area contributed by atoms with E-state index < -0.39 is 0 Å². The predicted molar refractivity (Wildman–Crippen MR) is 95.4 cm³/mol. The van der Waals surface area contributed by atoms with Crippen molar-refractivity contribution >= 4 is 35.0 Å². The molecule has 2 fully saturated rings. The van der Waals surface area contributed by atoms with Crippen molar-refractivity contribution in [2.75, 3.05) is 31.1 Å². The highest BCUT2D eigenvalue weighted by Crippen LogP contribution is 2.30. The molecular weight excluding hydrogens is 342 g/mol. The predicted octanol–water partition coefficient (Wildman–Crippen LogP) is 1.82. The standard InChI is InChI=1S/C18H22ClN3O3/c19-14-5-1-2-6-15(14)22-12-13(11-17(22)24)18(25)20-8-4-10-21-9-3-7-16(21)23/h1-2,5-6,13H,3-4,7-12H2,(H,20,25). The van der Waals surface area contributed by atoms with Crippen molar-refractivity contribution in [1.82, 2.24) is 10.2 Å². The lowest BCUT2D eigenvalue weighted by atomic mass is 10.1. The zero-order chi connectivity index (χ0) is 17.8. The molecule has 0 aliphatic carbocycles. The van der Waals surface area contributed by atoms with Gasteiger partial charge in [0.2, 0.25) is 17.7 Å². The highest BCUT2D eigenvalue weighted by molar-refractivity contribution is 6.33. The minimum atomic E-state index is -0.364. The number of amides is 3. The number of carbonyl (C=O) groups excluding carboxylic acids is 3. The summed E-state index contributed by atoms with van der Waals surface area (Å²) < 4.78 is 0. The van der Waals surface area contributed by atoms with Crippen molar-refractivity contribution in [3.8, 4) is 0 Å². The monoisotopic (exact) mass is 363 g/mol. The van der Waals surface area contributed by atoms with Crippen molar-refractivity contribution in [2.45, 2.75) is 25.7 Å². The Hall–Kier alpha value is -2.08. The Balaban J connectivity index is 1.46. The van der Waals surface area contributed by atoms with Gasteiger partial charge in [-0.3, -0.25) is 14.4 Å². The van der Waals surface area contributed by atoms with Crippen LogP contribution in [0.3, 0.4) is 0 Å². The van der Waals surface area contributed by atoms with Crippen LogP contribution >= 0.6 is 11.6 Å². The SMILES string of the molecule is O=C(NCCCN1CCCC1=O)C1CC(=O)N(c2ccccc2Cl)C1. The summed E-state index contributed by atoms with van der Waals surface area (Å²) in [5, 5.41) is 3.39. The minimum absolute atomic E-state index is 0.0871. The fraction of sp³-hybridized carbons (Fsp3) is 0.500. The van der Waals surface area contributed by atoms with Crippen LogP contribution in [0.1, 0.15) is 25.7 Å². The summed E-state index contributed by atoms with van der Waals surface area (Å²) in [6, 6.07) is 7.15. The number of nitrogens with one attached hydrogen (secondary N) is 1. The molecule has 1 N–H and O–H groups in total. The number of hydrogen-bond acceptors (Lipinski definition) is 3. The number of para-hydroxylation sites is 1. The van der Waals surface area contributed by atoms with E-state index in [0.717, 1.165) is 19.4 Å². The van der Waals surface area contributed by atoms with Crippen LogP contribution in [0.5, 0.6) is 0 Å². The van der Waals surface area contributed by atoms with E-state index in [4.69, 9.17) is 11.6 Å². The van der Waals surface area contributed by atoms with Crippen LogP contribution in [0.25, 0.3) is 0 Å². The van der Waals surface area contributed by atoms with Crippen LogP contribution in [0.4, 0.5) is 5.69 Å². The topological polar surface area (TPSA) is 69.7 Å². The summed E-state index contributed by atoms with van der Waals surface area (Å²) in [6.45, 7) is 2.35. The van der Waals surface area contributed by atoms with E-state index in [0.29, 0.717) is 36.8 Å². The largest absolute Gasteiger partial charge is 0.356 e. The molecule has 0 saturated carbocycles. The zero-order valence-corrected chi connectivity index (χ0v) is 14.8. The second kappa shape index (κ2) is 7.87. The van der Waals surface area contributed by atoms with Gasteiger partial charge in [-0.15, -0.1) is 0 Å². The van der Waals surface area contributed by atoms with Gasteiger partial charge in [-0.05, 0) is 25.0 Å². The van der Waals surface area contributed by atoms with Crippen LogP contribution < -0.4 is 10.2 Å². The van der Waals surface area contributed by atoms with Crippen molar-refractivity contribution in [3.05, 3.63) is 29.3 Å². The van der Waals surface area contributed by atoms with E-state index >= 15 is 0 Å². The summed E-state index contributed by atoms with van der Waals surface area (Å²) in [7, 11) is 0. The lowest BCUT2D eigenvalue weighted by molar-refractivity contribution is -0.127. The fourth-order valence-corrected chi connectivity index (χ4v) is 3.59. The Kier molecular flexibility index (Phi) is 5.58. The molecule has 1 aromatic rings. The van der Waals surface area contributed by atoms with Gasteiger partial charge in [0, 0.05) is 39.0 Å². The molecule has 1 aromatic carbocycles. The van der Waals surface area contributed by atoms with Crippen LogP contribution in [-0.4, -0.2) is 48.8 Å². The maximum atomic E-state index is 12.3. The molecule has 2 aliphatic heterocycles. The molecule has 7 heteroatoms. The van der Waals surface area contributed by atoms with Gasteiger partial charge in [-0.25, -0.2) is 0 Å². The zero-order valence-electron chi connectivity index (χ0n) is 14.0. The Bertz CT molecular complexity index is 679. The fourth-order valence-electron chi connectivity index (χ4n) is 3.35. The molecule has 3 rings (SSSR count). The van der Waals surface area contributed by atoms with Crippen LogP contribution in [0.15, 0.2) is 24.3 Å². The molecule has 3 amide bonds. The van der Waals surface area contributed by atoms with E-state index in [-0.39, 0.29) is 30.1 Å². The summed E-state index contributed by atoms with van der Waals surface area (Å²) >= 11 is 6.15. The first-order valence-corrected chi connectivity index (χ1v) is 9.04. The average Bonchev–Trinajstić information content (AvgIpc) is 3.18. The smallest absolute Gasteiger partial charge is 0.227 e. The average molecular weight is 364 g/mol. The van der Waals surface area contributed by atoms with Gasteiger partial charge in [-0.1, -0.05) is 23.7 Å². The van der Waals surface area contributed by atoms with Gasteiger partial charge in [0.1, 0.15) is 0 Å². The molecule has 1 atom stereocenters. The number of benzene rings is 1. The number of nitrogens with zero attached hydrogens (tertiary/aromatic N) is 2. The van der Waals surface area contributed by atoms with E-state index in [1.165, 1.54) is 0 Å². The number of anilines is 1. The molecule has 134 valence electrons. The molecule has 2 saturated heterocycles. The summed E-state index contributed by atoms with van der Waals surface area (Å²) in [4.78, 5) is 39.5. The number of likely N-dealkylation sites (tertiary alicyclic amines) is 1. The van der Waals surface area contributed by atoms with Gasteiger partial charge < -0.3 is 15.1 Å². The number of rotatable bonds is 6. The Morgan fingerprint density at radius 3 is 2.76 bits per heavy atom. The lowest BCUT2D eigenvalue weighted by Crippen LogP contribution is -2.35. The third-order valence-electron chi connectivity index (χ3n) is 4.71. The first kappa shape index (κ1) is 17.7. The molecule has 0 bridgehead atoms.